The Kier molecular flexibility index (Phi) is 7.86. The summed E-state index contributed by atoms with van der Waals surface area (Å²) in [7, 11) is -2.18. The van der Waals surface area contributed by atoms with Crippen LogP contribution in [0.2, 0.25) is 23.2 Å². The van der Waals surface area contributed by atoms with E-state index in [1.165, 1.54) is 13.0 Å². The first-order valence-corrected chi connectivity index (χ1v) is 12.0. The summed E-state index contributed by atoms with van der Waals surface area (Å²) >= 11 is 5.99. The fraction of sp³-hybridized carbons (Fsp3) is 0.611. The average molecular weight is 416 g/mol. The van der Waals surface area contributed by atoms with Gasteiger partial charge in [0.15, 0.2) is 14.1 Å². The third kappa shape index (κ3) is 5.45. The minimum atomic E-state index is -2.18. The maximum atomic E-state index is 14.9. The number of azide groups is 1. The largest absolute Gasteiger partial charge is 0.493 e. The Balaban J connectivity index is 3.51. The molecular weight excluding hydrogens is 389 g/mol. The number of carbonyl (C=O) groups excluding carboxylic acids is 1. The minimum absolute atomic E-state index is 0.0325. The van der Waals surface area contributed by atoms with Gasteiger partial charge in [-0.3, -0.25) is 4.79 Å². The zero-order chi connectivity index (χ0) is 21.0. The first-order chi connectivity index (χ1) is 12.4. The average Bonchev–Trinajstić information content (AvgIpc) is 2.54. The summed E-state index contributed by atoms with van der Waals surface area (Å²) in [5.41, 5.74) is 9.09. The van der Waals surface area contributed by atoms with Crippen LogP contribution in [0.25, 0.3) is 10.4 Å². The smallest absolute Gasteiger partial charge is 0.192 e. The Morgan fingerprint density at radius 1 is 1.44 bits per heavy atom. The molecule has 0 aliphatic carbocycles. The summed E-state index contributed by atoms with van der Waals surface area (Å²) in [5.74, 6) is -1.06. The molecule has 0 radical (unpaired) electrons. The van der Waals surface area contributed by atoms with E-state index in [2.05, 4.69) is 30.8 Å². The van der Waals surface area contributed by atoms with E-state index in [4.69, 9.17) is 26.3 Å². The van der Waals surface area contributed by atoms with E-state index >= 15 is 0 Å². The van der Waals surface area contributed by atoms with Crippen LogP contribution in [0.15, 0.2) is 11.2 Å². The van der Waals surface area contributed by atoms with Crippen molar-refractivity contribution in [2.45, 2.75) is 58.8 Å². The van der Waals surface area contributed by atoms with Gasteiger partial charge in [0, 0.05) is 17.1 Å². The summed E-state index contributed by atoms with van der Waals surface area (Å²) in [6, 6.07) is 0.220. The molecule has 150 valence electrons. The van der Waals surface area contributed by atoms with Crippen molar-refractivity contribution >= 4 is 25.7 Å². The van der Waals surface area contributed by atoms with E-state index in [1.54, 1.807) is 6.92 Å². The monoisotopic (exact) mass is 415 g/mol. The lowest BCUT2D eigenvalue weighted by molar-refractivity contribution is 0.101. The number of hydrogen-bond acceptors (Lipinski definition) is 4. The number of ether oxygens (including phenoxy) is 1. The van der Waals surface area contributed by atoms with Crippen molar-refractivity contribution in [3.05, 3.63) is 38.5 Å². The molecule has 1 aromatic carbocycles. The van der Waals surface area contributed by atoms with Crippen LogP contribution in [-0.4, -0.2) is 27.3 Å². The topological polar surface area (TPSA) is 84.3 Å². The number of Topliss-reactive ketones (excluding diaryl/α,β-unsaturated/α-hetero) is 1. The van der Waals surface area contributed by atoms with Crippen LogP contribution >= 0.6 is 11.6 Å². The molecule has 0 saturated carbocycles. The summed E-state index contributed by atoms with van der Waals surface area (Å²) in [5, 5.41) is 3.41. The molecule has 0 amide bonds. The molecule has 1 rings (SSSR count). The van der Waals surface area contributed by atoms with Gasteiger partial charge in [0.1, 0.15) is 11.6 Å². The number of rotatable bonds is 8. The number of carbonyl (C=O) groups is 1. The molecule has 27 heavy (non-hydrogen) atoms. The molecule has 0 N–H and O–H groups in total. The van der Waals surface area contributed by atoms with Crippen LogP contribution in [0, 0.1) is 5.82 Å². The number of hydrogen-bond donors (Lipinski definition) is 0. The molecule has 1 aromatic rings. The highest BCUT2D eigenvalue weighted by Crippen LogP contribution is 2.41. The molecular formula is C18H27ClFN3O3Si. The number of halogens is 2. The van der Waals surface area contributed by atoms with Crippen LogP contribution in [0.5, 0.6) is 5.75 Å². The lowest BCUT2D eigenvalue weighted by atomic mass is 10.00. The highest BCUT2D eigenvalue weighted by molar-refractivity contribution is 6.74. The van der Waals surface area contributed by atoms with Crippen LogP contribution in [-0.2, 0) is 4.43 Å². The molecule has 0 bridgehead atoms. The van der Waals surface area contributed by atoms with Gasteiger partial charge >= 0.3 is 0 Å². The molecule has 0 aliphatic rings. The van der Waals surface area contributed by atoms with Crippen molar-refractivity contribution in [3.63, 3.8) is 0 Å². The Morgan fingerprint density at radius 3 is 2.48 bits per heavy atom. The molecule has 0 fully saturated rings. The standard InChI is InChI=1S/C18H27ClFN3O3Si/c1-8-25-17-12(11(2)24)9-13(19)16(20)15(17)14(22-23-21)10-26-27(6,7)18(3,4)5/h9,14H,8,10H2,1-7H3. The molecule has 1 atom stereocenters. The normalized spacial score (nSPS) is 13.1. The molecule has 1 unspecified atom stereocenters. The van der Waals surface area contributed by atoms with E-state index < -0.39 is 20.2 Å². The predicted octanol–water partition coefficient (Wildman–Crippen LogP) is 6.45. The fourth-order valence-corrected chi connectivity index (χ4v) is 3.45. The SMILES string of the molecule is CCOc1c(C(C)=O)cc(Cl)c(F)c1C(CO[Si](C)(C)C(C)(C)C)N=[N+]=[N-]. The number of ketones is 1. The van der Waals surface area contributed by atoms with Gasteiger partial charge in [-0.25, -0.2) is 4.39 Å². The predicted molar refractivity (Wildman–Crippen MR) is 108 cm³/mol. The molecule has 6 nitrogen and oxygen atoms in total. The highest BCUT2D eigenvalue weighted by atomic mass is 35.5. The van der Waals surface area contributed by atoms with E-state index in [0.29, 0.717) is 0 Å². The second kappa shape index (κ2) is 9.06. The molecule has 0 spiro atoms. The quantitative estimate of drug-likeness (QED) is 0.160. The van der Waals surface area contributed by atoms with Crippen LogP contribution in [0.3, 0.4) is 0 Å². The molecule has 0 heterocycles. The molecule has 0 saturated heterocycles. The highest BCUT2D eigenvalue weighted by Gasteiger charge is 2.38. The number of nitrogens with zero attached hydrogens (tertiary/aromatic N) is 3. The maximum Gasteiger partial charge on any atom is 0.192 e. The minimum Gasteiger partial charge on any atom is -0.493 e. The summed E-state index contributed by atoms with van der Waals surface area (Å²) in [6.45, 7) is 13.5. The summed E-state index contributed by atoms with van der Waals surface area (Å²) < 4.78 is 26.6. The van der Waals surface area contributed by atoms with Gasteiger partial charge in [-0.2, -0.15) is 0 Å². The Morgan fingerprint density at radius 2 is 2.04 bits per heavy atom. The molecule has 9 heteroatoms. The Labute approximate surface area is 165 Å². The van der Waals surface area contributed by atoms with Gasteiger partial charge in [0.05, 0.1) is 23.2 Å². The van der Waals surface area contributed by atoms with Gasteiger partial charge < -0.3 is 9.16 Å². The first kappa shape index (κ1) is 23.4. The molecule has 0 aromatic heterocycles. The Bertz CT molecular complexity index is 759. The van der Waals surface area contributed by atoms with Gasteiger partial charge in [-0.15, -0.1) is 0 Å². The number of benzene rings is 1. The van der Waals surface area contributed by atoms with Crippen molar-refractivity contribution < 1.29 is 18.3 Å². The van der Waals surface area contributed by atoms with Gasteiger partial charge in [0.25, 0.3) is 0 Å². The lowest BCUT2D eigenvalue weighted by Crippen LogP contribution is -2.41. The van der Waals surface area contributed by atoms with Crippen molar-refractivity contribution in [1.82, 2.24) is 0 Å². The van der Waals surface area contributed by atoms with E-state index in [-0.39, 0.29) is 45.9 Å². The van der Waals surface area contributed by atoms with Crippen LogP contribution in [0.4, 0.5) is 4.39 Å². The van der Waals surface area contributed by atoms with Gasteiger partial charge in [-0.05, 0) is 43.6 Å². The van der Waals surface area contributed by atoms with Crippen molar-refractivity contribution in [1.29, 1.82) is 0 Å². The van der Waals surface area contributed by atoms with Crippen molar-refractivity contribution in [3.8, 4) is 5.75 Å². The summed E-state index contributed by atoms with van der Waals surface area (Å²) in [4.78, 5) is 14.8. The maximum absolute atomic E-state index is 14.9. The van der Waals surface area contributed by atoms with E-state index in [1.807, 2.05) is 13.1 Å². The van der Waals surface area contributed by atoms with Crippen molar-refractivity contribution in [2.24, 2.45) is 5.11 Å². The van der Waals surface area contributed by atoms with Crippen LogP contribution < -0.4 is 4.74 Å². The van der Waals surface area contributed by atoms with Crippen molar-refractivity contribution in [2.75, 3.05) is 13.2 Å². The van der Waals surface area contributed by atoms with Gasteiger partial charge in [-0.1, -0.05) is 37.5 Å². The van der Waals surface area contributed by atoms with E-state index in [0.717, 1.165) is 0 Å². The second-order valence-corrected chi connectivity index (χ2v) is 13.0. The third-order valence-electron chi connectivity index (χ3n) is 4.81. The third-order valence-corrected chi connectivity index (χ3v) is 9.58. The van der Waals surface area contributed by atoms with Gasteiger partial charge in [0.2, 0.25) is 0 Å². The zero-order valence-electron chi connectivity index (χ0n) is 16.9. The summed E-state index contributed by atoms with van der Waals surface area (Å²) in [6.07, 6.45) is 0. The van der Waals surface area contributed by atoms with Crippen LogP contribution in [0.1, 0.15) is 56.6 Å². The fourth-order valence-electron chi connectivity index (χ4n) is 2.23. The second-order valence-electron chi connectivity index (χ2n) is 7.74. The molecule has 0 aliphatic heterocycles. The first-order valence-electron chi connectivity index (χ1n) is 8.71. The Hall–Kier alpha value is -1.60. The van der Waals surface area contributed by atoms with E-state index in [9.17, 15) is 9.18 Å². The zero-order valence-corrected chi connectivity index (χ0v) is 18.6. The lowest BCUT2D eigenvalue weighted by Gasteiger charge is -2.37.